The fourth-order valence-electron chi connectivity index (χ4n) is 0.298. The summed E-state index contributed by atoms with van der Waals surface area (Å²) in [5.74, 6) is -0.0556. The molecule has 0 amide bonds. The van der Waals surface area contributed by atoms with Crippen LogP contribution in [0.1, 0.15) is 0 Å². The molecule has 0 unspecified atom stereocenters. The molecule has 0 saturated carbocycles. The molecule has 0 aliphatic rings. The number of allylic oxidation sites excluding steroid dienone is 2. The van der Waals surface area contributed by atoms with Crippen LogP contribution in [-0.4, -0.2) is 12.2 Å². The third-order valence-corrected chi connectivity index (χ3v) is 0.587. The summed E-state index contributed by atoms with van der Waals surface area (Å²) < 4.78 is 0. The fraction of sp³-hybridized carbons (Fsp3) is 0. The molecule has 4 nitrogen and oxygen atoms in total. The second kappa shape index (κ2) is 5.38. The average Bonchev–Trinajstić information content (AvgIpc) is 1.90. The second-order valence-corrected chi connectivity index (χ2v) is 1.17. The summed E-state index contributed by atoms with van der Waals surface area (Å²) in [6.07, 6.45) is 5.08. The number of hydrogen-bond acceptors (Lipinski definition) is 4. The Morgan fingerprint density at radius 3 is 2.10 bits per heavy atom. The zero-order valence-electron chi connectivity index (χ0n) is 5.07. The van der Waals surface area contributed by atoms with E-state index in [2.05, 4.69) is 16.6 Å². The minimum Gasteiger partial charge on any atom is -0.211 e. The molecule has 0 heterocycles. The maximum atomic E-state index is 9.61. The number of hydrogen-bond donors (Lipinski definition) is 0. The summed E-state index contributed by atoms with van der Waals surface area (Å²) in [7, 11) is 0. The largest absolute Gasteiger partial charge is 0.242 e. The van der Waals surface area contributed by atoms with E-state index in [1.54, 1.807) is 0 Å². The Labute approximate surface area is 57.3 Å². The van der Waals surface area contributed by atoms with Crippen LogP contribution in [0.2, 0.25) is 0 Å². The fourth-order valence-corrected chi connectivity index (χ4v) is 0.298. The van der Waals surface area contributed by atoms with Crippen molar-refractivity contribution in [3.05, 3.63) is 24.6 Å². The van der Waals surface area contributed by atoms with E-state index in [1.165, 1.54) is 24.3 Å². The van der Waals surface area contributed by atoms with Gasteiger partial charge in [0, 0.05) is 0 Å². The Bertz CT molecular complexity index is 222. The van der Waals surface area contributed by atoms with E-state index < -0.39 is 0 Å². The molecule has 0 aromatic heterocycles. The van der Waals surface area contributed by atoms with E-state index in [9.17, 15) is 9.59 Å². The maximum absolute atomic E-state index is 9.61. The minimum atomic E-state index is -0.0556. The van der Waals surface area contributed by atoms with Gasteiger partial charge in [-0.25, -0.2) is 9.59 Å². The lowest BCUT2D eigenvalue weighted by atomic mass is 10.5. The van der Waals surface area contributed by atoms with Crippen molar-refractivity contribution in [3.8, 4) is 0 Å². The van der Waals surface area contributed by atoms with Gasteiger partial charge in [-0.05, 0) is 6.08 Å². The molecule has 10 heavy (non-hydrogen) atoms. The predicted molar refractivity (Wildman–Crippen MR) is 34.5 cm³/mol. The van der Waals surface area contributed by atoms with Crippen LogP contribution < -0.4 is 0 Å². The molecule has 0 spiro atoms. The Balaban J connectivity index is 4.55. The van der Waals surface area contributed by atoms with Gasteiger partial charge in [-0.3, -0.25) is 0 Å². The molecule has 0 rings (SSSR count). The number of isocyanates is 2. The van der Waals surface area contributed by atoms with Crippen molar-refractivity contribution < 1.29 is 9.59 Å². The lowest BCUT2D eigenvalue weighted by molar-refractivity contribution is 0.563. The first-order chi connectivity index (χ1) is 4.85. The molecule has 0 N–H and O–H groups in total. The summed E-state index contributed by atoms with van der Waals surface area (Å²) in [4.78, 5) is 25.3. The Morgan fingerprint density at radius 1 is 1.30 bits per heavy atom. The highest BCUT2D eigenvalue weighted by Crippen LogP contribution is 1.94. The van der Waals surface area contributed by atoms with E-state index in [1.807, 2.05) is 0 Å². The van der Waals surface area contributed by atoms with Crippen LogP contribution in [0.5, 0.6) is 0 Å². The average molecular weight is 136 g/mol. The normalized spacial score (nSPS) is 6.40. The van der Waals surface area contributed by atoms with Gasteiger partial charge in [0.1, 0.15) is 0 Å². The van der Waals surface area contributed by atoms with Crippen LogP contribution in [0.4, 0.5) is 0 Å². The smallest absolute Gasteiger partial charge is 0.211 e. The van der Waals surface area contributed by atoms with Gasteiger partial charge in [0.15, 0.2) is 5.82 Å². The van der Waals surface area contributed by atoms with Crippen LogP contribution in [0, 0.1) is 0 Å². The zero-order chi connectivity index (χ0) is 7.82. The molecule has 0 radical (unpaired) electrons. The third-order valence-electron chi connectivity index (χ3n) is 0.587. The Morgan fingerprint density at radius 2 is 1.80 bits per heavy atom. The van der Waals surface area contributed by atoms with Crippen molar-refractivity contribution in [2.24, 2.45) is 9.98 Å². The van der Waals surface area contributed by atoms with Gasteiger partial charge in [0.2, 0.25) is 12.2 Å². The first kappa shape index (κ1) is 8.24. The molecule has 0 atom stereocenters. The molecule has 4 heteroatoms. The summed E-state index contributed by atoms with van der Waals surface area (Å²) in [5, 5.41) is 0. The van der Waals surface area contributed by atoms with Gasteiger partial charge in [-0.15, -0.1) is 9.98 Å². The molecule has 0 bridgehead atoms. The minimum absolute atomic E-state index is 0.0556. The summed E-state index contributed by atoms with van der Waals surface area (Å²) in [6, 6.07) is 0. The molecule has 0 saturated heterocycles. The first-order valence-electron chi connectivity index (χ1n) is 2.33. The lowest BCUT2D eigenvalue weighted by Gasteiger charge is -1.78. The monoisotopic (exact) mass is 136 g/mol. The molecule has 0 aliphatic heterocycles. The van der Waals surface area contributed by atoms with E-state index in [4.69, 9.17) is 0 Å². The van der Waals surface area contributed by atoms with E-state index in [0.717, 1.165) is 0 Å². The van der Waals surface area contributed by atoms with Crippen molar-refractivity contribution in [2.75, 3.05) is 0 Å². The standard InChI is InChI=1S/C6H4N2O2/c1-2-3-6(7-4-9)8-5-10/h2-3H,1H2. The van der Waals surface area contributed by atoms with Gasteiger partial charge in [0.25, 0.3) is 0 Å². The van der Waals surface area contributed by atoms with E-state index >= 15 is 0 Å². The molecular formula is C6H4N2O2. The number of rotatable bonds is 3. The van der Waals surface area contributed by atoms with Crippen molar-refractivity contribution >= 4 is 12.2 Å². The number of aliphatic imine (C=N–C) groups is 2. The topological polar surface area (TPSA) is 58.9 Å². The highest BCUT2D eigenvalue weighted by molar-refractivity contribution is 5.42. The Hall–Kier alpha value is -1.76. The van der Waals surface area contributed by atoms with E-state index in [0.29, 0.717) is 0 Å². The summed E-state index contributed by atoms with van der Waals surface area (Å²) in [6.45, 7) is 3.31. The zero-order valence-corrected chi connectivity index (χ0v) is 5.07. The highest BCUT2D eigenvalue weighted by Gasteiger charge is 1.83. The van der Waals surface area contributed by atoms with Crippen LogP contribution in [0.15, 0.2) is 34.5 Å². The van der Waals surface area contributed by atoms with Crippen LogP contribution >= 0.6 is 0 Å². The third kappa shape index (κ3) is 3.27. The molecule has 50 valence electrons. The lowest BCUT2D eigenvalue weighted by Crippen LogP contribution is -1.68. The van der Waals surface area contributed by atoms with Crippen molar-refractivity contribution in [2.45, 2.75) is 0 Å². The van der Waals surface area contributed by atoms with Gasteiger partial charge in [-0.2, -0.15) is 0 Å². The van der Waals surface area contributed by atoms with Crippen molar-refractivity contribution in [1.82, 2.24) is 0 Å². The molecule has 0 aliphatic carbocycles. The number of carbonyl (C=O) groups excluding carboxylic acids is 2. The van der Waals surface area contributed by atoms with Gasteiger partial charge >= 0.3 is 0 Å². The van der Waals surface area contributed by atoms with Crippen molar-refractivity contribution in [3.63, 3.8) is 0 Å². The Kier molecular flexibility index (Phi) is 4.43. The van der Waals surface area contributed by atoms with Gasteiger partial charge < -0.3 is 0 Å². The quantitative estimate of drug-likeness (QED) is 0.325. The first-order valence-corrected chi connectivity index (χ1v) is 2.33. The summed E-state index contributed by atoms with van der Waals surface area (Å²) >= 11 is 0. The molecule has 0 aromatic carbocycles. The van der Waals surface area contributed by atoms with Crippen LogP contribution in [-0.2, 0) is 9.59 Å². The van der Waals surface area contributed by atoms with E-state index in [-0.39, 0.29) is 5.82 Å². The maximum Gasteiger partial charge on any atom is 0.242 e. The number of nitrogens with zero attached hydrogens (tertiary/aromatic N) is 2. The summed E-state index contributed by atoms with van der Waals surface area (Å²) in [5.41, 5.74) is 0. The predicted octanol–water partition coefficient (Wildman–Crippen LogP) is 0.685. The molecule has 0 aromatic rings. The second-order valence-electron chi connectivity index (χ2n) is 1.17. The van der Waals surface area contributed by atoms with Crippen molar-refractivity contribution in [1.29, 1.82) is 0 Å². The van der Waals surface area contributed by atoms with Gasteiger partial charge in [-0.1, -0.05) is 12.7 Å². The SMILES string of the molecule is C=CC=C(N=C=O)N=C=O. The molecule has 0 fully saturated rings. The highest BCUT2D eigenvalue weighted by atomic mass is 16.1. The van der Waals surface area contributed by atoms with Crippen LogP contribution in [0.25, 0.3) is 0 Å². The molecular weight excluding hydrogens is 132 g/mol. The van der Waals surface area contributed by atoms with Crippen LogP contribution in [0.3, 0.4) is 0 Å². The van der Waals surface area contributed by atoms with Gasteiger partial charge in [0.05, 0.1) is 0 Å².